The van der Waals surface area contributed by atoms with Crippen molar-refractivity contribution < 1.29 is 24.0 Å². The number of nitrogens with zero attached hydrogens (tertiary/aromatic N) is 3. The van der Waals surface area contributed by atoms with Gasteiger partial charge in [-0.1, -0.05) is 0 Å². The van der Waals surface area contributed by atoms with E-state index in [-0.39, 0.29) is 23.5 Å². The third-order valence-corrected chi connectivity index (χ3v) is 7.83. The molecule has 0 bridgehead atoms. The summed E-state index contributed by atoms with van der Waals surface area (Å²) in [5.74, 6) is -2.12. The van der Waals surface area contributed by atoms with Gasteiger partial charge in [-0.05, 0) is 56.1 Å². The highest BCUT2D eigenvalue weighted by Crippen LogP contribution is 2.61. The monoisotopic (exact) mass is 462 g/mol. The number of carbonyl (C=O) groups is 3. The van der Waals surface area contributed by atoms with Crippen LogP contribution in [0.15, 0.2) is 36.4 Å². The Balaban J connectivity index is 1.53. The van der Waals surface area contributed by atoms with Gasteiger partial charge in [-0.2, -0.15) is 0 Å². The van der Waals surface area contributed by atoms with Gasteiger partial charge in [0.05, 0.1) is 29.6 Å². The van der Waals surface area contributed by atoms with E-state index in [1.165, 1.54) is 25.3 Å². The second-order valence-corrected chi connectivity index (χ2v) is 9.28. The van der Waals surface area contributed by atoms with Crippen LogP contribution in [0.2, 0.25) is 0 Å². The molecule has 34 heavy (non-hydrogen) atoms. The summed E-state index contributed by atoms with van der Waals surface area (Å²) < 4.78 is 5.41. The molecule has 4 aliphatic rings. The first-order valence-corrected chi connectivity index (χ1v) is 11.2. The Morgan fingerprint density at radius 2 is 1.94 bits per heavy atom. The van der Waals surface area contributed by atoms with Crippen LogP contribution in [0, 0.1) is 28.9 Å². The SMILES string of the molecule is COc1ccc2c(c1)[C@]1(C(=O)N2)[C@@H]2C(=O)N(c3ccc([N+](=O)[O-])cc3C)C(=O)[C@@H]2[C@H]2CCCN21. The first-order valence-electron chi connectivity index (χ1n) is 11.2. The molecule has 0 aliphatic carbocycles. The molecule has 2 aromatic rings. The fourth-order valence-corrected chi connectivity index (χ4v) is 6.55. The zero-order valence-electron chi connectivity index (χ0n) is 18.6. The van der Waals surface area contributed by atoms with Gasteiger partial charge in [0.15, 0.2) is 0 Å². The number of nitrogens with one attached hydrogen (secondary N) is 1. The zero-order valence-corrected chi connectivity index (χ0v) is 18.6. The molecule has 0 unspecified atom stereocenters. The summed E-state index contributed by atoms with van der Waals surface area (Å²) in [6, 6.07) is 9.13. The molecule has 4 heterocycles. The van der Waals surface area contributed by atoms with E-state index in [2.05, 4.69) is 5.32 Å². The minimum atomic E-state index is -1.30. The van der Waals surface area contributed by atoms with Crippen LogP contribution in [0.3, 0.4) is 0 Å². The van der Waals surface area contributed by atoms with E-state index in [1.807, 2.05) is 4.90 Å². The summed E-state index contributed by atoms with van der Waals surface area (Å²) in [6.07, 6.45) is 1.53. The number of nitro benzene ring substituents is 1. The van der Waals surface area contributed by atoms with Crippen LogP contribution in [0.25, 0.3) is 0 Å². The van der Waals surface area contributed by atoms with E-state index in [0.29, 0.717) is 41.2 Å². The molecule has 3 saturated heterocycles. The second kappa shape index (κ2) is 6.86. The lowest BCUT2D eigenvalue weighted by atomic mass is 9.75. The van der Waals surface area contributed by atoms with E-state index < -0.39 is 28.2 Å². The normalized spacial score (nSPS) is 29.4. The Kier molecular flexibility index (Phi) is 4.20. The molecular formula is C24H22N4O6. The highest BCUT2D eigenvalue weighted by atomic mass is 16.6. The largest absolute Gasteiger partial charge is 0.497 e. The number of ether oxygens (including phenoxy) is 1. The van der Waals surface area contributed by atoms with Crippen molar-refractivity contribution in [2.75, 3.05) is 23.9 Å². The Labute approximate surface area is 194 Å². The van der Waals surface area contributed by atoms with Crippen LogP contribution >= 0.6 is 0 Å². The van der Waals surface area contributed by atoms with Crippen LogP contribution in [0.1, 0.15) is 24.0 Å². The van der Waals surface area contributed by atoms with E-state index >= 15 is 0 Å². The van der Waals surface area contributed by atoms with Gasteiger partial charge >= 0.3 is 0 Å². The van der Waals surface area contributed by atoms with Gasteiger partial charge < -0.3 is 10.1 Å². The van der Waals surface area contributed by atoms with E-state index in [9.17, 15) is 24.5 Å². The topological polar surface area (TPSA) is 122 Å². The van der Waals surface area contributed by atoms with E-state index in [4.69, 9.17) is 4.74 Å². The van der Waals surface area contributed by atoms with Crippen LogP contribution < -0.4 is 15.0 Å². The van der Waals surface area contributed by atoms with Gasteiger partial charge in [-0.3, -0.25) is 29.4 Å². The number of imide groups is 1. The number of hydrogen-bond acceptors (Lipinski definition) is 7. The molecule has 1 spiro atoms. The number of aryl methyl sites for hydroxylation is 1. The number of methoxy groups -OCH3 is 1. The first-order chi connectivity index (χ1) is 16.3. The lowest BCUT2D eigenvalue weighted by Crippen LogP contribution is -2.54. The van der Waals surface area contributed by atoms with Gasteiger partial charge in [0.1, 0.15) is 11.3 Å². The predicted octanol–water partition coefficient (Wildman–Crippen LogP) is 2.34. The van der Waals surface area contributed by atoms with Gasteiger partial charge in [0, 0.05) is 29.4 Å². The molecule has 4 atom stereocenters. The fourth-order valence-electron chi connectivity index (χ4n) is 6.55. The molecule has 0 aromatic heterocycles. The summed E-state index contributed by atoms with van der Waals surface area (Å²) in [5, 5.41) is 14.1. The number of non-ortho nitro benzene ring substituents is 1. The highest BCUT2D eigenvalue weighted by molar-refractivity contribution is 6.26. The van der Waals surface area contributed by atoms with Crippen LogP contribution in [0.5, 0.6) is 5.75 Å². The lowest BCUT2D eigenvalue weighted by molar-refractivity contribution is -0.384. The molecule has 3 amide bonds. The quantitative estimate of drug-likeness (QED) is 0.422. The number of carbonyl (C=O) groups excluding carboxylic acids is 3. The molecular weight excluding hydrogens is 440 g/mol. The van der Waals surface area contributed by atoms with Crippen molar-refractivity contribution in [1.82, 2.24) is 4.90 Å². The lowest BCUT2D eigenvalue weighted by Gasteiger charge is -2.36. The average molecular weight is 462 g/mol. The van der Waals surface area contributed by atoms with Crippen molar-refractivity contribution in [1.29, 1.82) is 0 Å². The van der Waals surface area contributed by atoms with E-state index in [1.54, 1.807) is 25.1 Å². The highest BCUT2D eigenvalue weighted by Gasteiger charge is 2.74. The maximum atomic E-state index is 14.0. The molecule has 10 nitrogen and oxygen atoms in total. The smallest absolute Gasteiger partial charge is 0.269 e. The van der Waals surface area contributed by atoms with Crippen LogP contribution in [-0.4, -0.2) is 47.2 Å². The molecule has 2 aromatic carbocycles. The Bertz CT molecular complexity index is 1310. The Morgan fingerprint density at radius 1 is 1.15 bits per heavy atom. The molecule has 0 saturated carbocycles. The molecule has 10 heteroatoms. The van der Waals surface area contributed by atoms with E-state index in [0.717, 1.165) is 11.3 Å². The standard InChI is InChI=1S/C24H22N4O6/c1-12-10-13(28(32)33)5-8-17(12)27-21(29)19-18-4-3-9-26(18)24(20(19)22(27)30)15-11-14(34-2)6-7-16(15)25-23(24)31/h5-8,10-11,18-20H,3-4,9H2,1-2H3,(H,25,31)/t18-,19-,20+,24-/m1/s1. The third-order valence-electron chi connectivity index (χ3n) is 7.83. The maximum Gasteiger partial charge on any atom is 0.269 e. The van der Waals surface area contributed by atoms with Gasteiger partial charge in [-0.25, -0.2) is 4.90 Å². The number of nitro groups is 1. The minimum absolute atomic E-state index is 0.116. The second-order valence-electron chi connectivity index (χ2n) is 9.28. The Morgan fingerprint density at radius 3 is 2.65 bits per heavy atom. The number of rotatable bonds is 3. The number of hydrogen-bond donors (Lipinski definition) is 1. The van der Waals surface area contributed by atoms with Crippen molar-refractivity contribution in [2.45, 2.75) is 31.3 Å². The number of fused-ring (bicyclic) bond motifs is 7. The summed E-state index contributed by atoms with van der Waals surface area (Å²) >= 11 is 0. The predicted molar refractivity (Wildman–Crippen MR) is 120 cm³/mol. The number of anilines is 2. The van der Waals surface area contributed by atoms with Gasteiger partial charge in [0.2, 0.25) is 17.7 Å². The zero-order chi connectivity index (χ0) is 23.9. The van der Waals surface area contributed by atoms with Crippen molar-refractivity contribution >= 4 is 34.8 Å². The van der Waals surface area contributed by atoms with Gasteiger partial charge in [0.25, 0.3) is 5.69 Å². The van der Waals surface area contributed by atoms with Crippen molar-refractivity contribution in [3.63, 3.8) is 0 Å². The molecule has 174 valence electrons. The average Bonchev–Trinajstić information content (AvgIpc) is 3.52. The van der Waals surface area contributed by atoms with Crippen LogP contribution in [-0.2, 0) is 19.9 Å². The maximum absolute atomic E-state index is 14.0. The van der Waals surface area contributed by atoms with Gasteiger partial charge in [-0.15, -0.1) is 0 Å². The molecule has 6 rings (SSSR count). The summed E-state index contributed by atoms with van der Waals surface area (Å²) in [5.41, 5.74) is 0.619. The summed E-state index contributed by atoms with van der Waals surface area (Å²) in [4.78, 5) is 55.3. The number of amides is 3. The summed E-state index contributed by atoms with van der Waals surface area (Å²) in [7, 11) is 1.54. The molecule has 0 radical (unpaired) electrons. The molecule has 4 aliphatic heterocycles. The minimum Gasteiger partial charge on any atom is -0.497 e. The van der Waals surface area contributed by atoms with Crippen molar-refractivity contribution in [3.8, 4) is 5.75 Å². The summed E-state index contributed by atoms with van der Waals surface area (Å²) in [6.45, 7) is 2.25. The molecule has 1 N–H and O–H groups in total. The van der Waals surface area contributed by atoms with Crippen LogP contribution in [0.4, 0.5) is 17.1 Å². The number of benzene rings is 2. The Hall–Kier alpha value is -3.79. The third kappa shape index (κ3) is 2.35. The van der Waals surface area contributed by atoms with Crippen molar-refractivity contribution in [2.24, 2.45) is 11.8 Å². The molecule has 3 fully saturated rings. The first kappa shape index (κ1) is 20.8. The fraction of sp³-hybridized carbons (Fsp3) is 0.375. The van der Waals surface area contributed by atoms with Crippen molar-refractivity contribution in [3.05, 3.63) is 57.6 Å².